The van der Waals surface area contributed by atoms with Gasteiger partial charge in [-0.25, -0.2) is 0 Å². The number of halogens is 1. The number of carbonyl (C=O) groups is 2. The summed E-state index contributed by atoms with van der Waals surface area (Å²) in [6, 6.07) is -0.174. The number of nitrogens with zero attached hydrogens (tertiary/aromatic N) is 1. The van der Waals surface area contributed by atoms with E-state index in [1.165, 1.54) is 0 Å². The molecule has 1 saturated carbocycles. The van der Waals surface area contributed by atoms with E-state index in [4.69, 9.17) is 0 Å². The summed E-state index contributed by atoms with van der Waals surface area (Å²) < 4.78 is 0. The molecule has 0 aromatic heterocycles. The normalized spacial score (nSPS) is 39.8. The molecule has 1 aliphatic heterocycles. The van der Waals surface area contributed by atoms with Gasteiger partial charge in [-0.05, 0) is 6.92 Å². The van der Waals surface area contributed by atoms with Crippen LogP contribution in [0.25, 0.3) is 0 Å². The van der Waals surface area contributed by atoms with E-state index in [9.17, 15) is 9.59 Å². The van der Waals surface area contributed by atoms with Gasteiger partial charge in [0.2, 0.25) is 5.91 Å². The SMILES string of the molecule is CCN1C(=O)C2CC(=O)C1C2Br. The van der Waals surface area contributed by atoms with Crippen LogP contribution in [0, 0.1) is 5.92 Å². The summed E-state index contributed by atoms with van der Waals surface area (Å²) in [4.78, 5) is 24.6. The van der Waals surface area contributed by atoms with Crippen LogP contribution < -0.4 is 0 Å². The Balaban J connectivity index is 2.33. The highest BCUT2D eigenvalue weighted by molar-refractivity contribution is 9.09. The first kappa shape index (κ1) is 8.23. The molecule has 4 heteroatoms. The van der Waals surface area contributed by atoms with Crippen LogP contribution in [0.2, 0.25) is 0 Å². The van der Waals surface area contributed by atoms with Gasteiger partial charge in [0.25, 0.3) is 0 Å². The topological polar surface area (TPSA) is 37.4 Å². The standard InChI is InChI=1S/C8H10BrNO2/c1-2-10-7-5(11)3-4(6(7)9)8(10)12/h4,6-7H,2-3H2,1H3. The van der Waals surface area contributed by atoms with Crippen LogP contribution in [0.1, 0.15) is 13.3 Å². The van der Waals surface area contributed by atoms with Gasteiger partial charge in [0, 0.05) is 13.0 Å². The highest BCUT2D eigenvalue weighted by atomic mass is 79.9. The summed E-state index contributed by atoms with van der Waals surface area (Å²) in [5.74, 6) is 0.273. The molecule has 0 aromatic carbocycles. The number of piperidine rings is 1. The van der Waals surface area contributed by atoms with Gasteiger partial charge in [0.1, 0.15) is 6.04 Å². The van der Waals surface area contributed by atoms with Crippen molar-refractivity contribution < 1.29 is 9.59 Å². The van der Waals surface area contributed by atoms with Crippen molar-refractivity contribution in [2.45, 2.75) is 24.2 Å². The minimum absolute atomic E-state index is 0.0671. The molecule has 12 heavy (non-hydrogen) atoms. The Kier molecular flexibility index (Phi) is 1.75. The van der Waals surface area contributed by atoms with E-state index in [1.54, 1.807) is 4.90 Å². The van der Waals surface area contributed by atoms with Crippen LogP contribution in [-0.2, 0) is 9.59 Å². The first-order valence-corrected chi connectivity index (χ1v) is 5.05. The molecule has 1 saturated heterocycles. The van der Waals surface area contributed by atoms with Crippen LogP contribution in [0.3, 0.4) is 0 Å². The average molecular weight is 232 g/mol. The maximum absolute atomic E-state index is 11.5. The highest BCUT2D eigenvalue weighted by Gasteiger charge is 2.55. The lowest BCUT2D eigenvalue weighted by atomic mass is 10.1. The van der Waals surface area contributed by atoms with Crippen molar-refractivity contribution in [2.75, 3.05) is 6.54 Å². The van der Waals surface area contributed by atoms with Crippen molar-refractivity contribution in [3.05, 3.63) is 0 Å². The third-order valence-electron chi connectivity index (χ3n) is 2.71. The first-order valence-electron chi connectivity index (χ1n) is 4.14. The van der Waals surface area contributed by atoms with E-state index >= 15 is 0 Å². The molecule has 2 rings (SSSR count). The van der Waals surface area contributed by atoms with Crippen LogP contribution in [-0.4, -0.2) is 34.0 Å². The molecule has 1 aliphatic carbocycles. The fourth-order valence-electron chi connectivity index (χ4n) is 2.12. The minimum atomic E-state index is -0.174. The van der Waals surface area contributed by atoms with Gasteiger partial charge in [-0.2, -0.15) is 0 Å². The lowest BCUT2D eigenvalue weighted by Crippen LogP contribution is -2.42. The first-order chi connectivity index (χ1) is 5.66. The molecule has 2 fully saturated rings. The van der Waals surface area contributed by atoms with E-state index in [2.05, 4.69) is 15.9 Å². The summed E-state index contributed by atoms with van der Waals surface area (Å²) >= 11 is 3.41. The number of amides is 1. The van der Waals surface area contributed by atoms with Crippen LogP contribution in [0.4, 0.5) is 0 Å². The molecular formula is C8H10BrNO2. The van der Waals surface area contributed by atoms with Gasteiger partial charge in [0.05, 0.1) is 10.7 Å². The van der Waals surface area contributed by atoms with Crippen LogP contribution in [0.5, 0.6) is 0 Å². The van der Waals surface area contributed by atoms with Gasteiger partial charge in [-0.1, -0.05) is 15.9 Å². The summed E-state index contributed by atoms with van der Waals surface area (Å²) in [6.07, 6.45) is 0.440. The van der Waals surface area contributed by atoms with E-state index < -0.39 is 0 Å². The number of likely N-dealkylation sites (N-methyl/N-ethyl adjacent to an activating group) is 1. The predicted molar refractivity (Wildman–Crippen MR) is 47.0 cm³/mol. The number of hydrogen-bond acceptors (Lipinski definition) is 2. The molecule has 1 amide bonds. The smallest absolute Gasteiger partial charge is 0.228 e. The molecule has 2 aliphatic rings. The van der Waals surface area contributed by atoms with Crippen LogP contribution in [0.15, 0.2) is 0 Å². The van der Waals surface area contributed by atoms with Crippen LogP contribution >= 0.6 is 15.9 Å². The Morgan fingerprint density at radius 2 is 2.25 bits per heavy atom. The third kappa shape index (κ3) is 0.815. The number of rotatable bonds is 1. The average Bonchev–Trinajstić information content (AvgIpc) is 2.42. The van der Waals surface area contributed by atoms with E-state index in [1.807, 2.05) is 6.92 Å². The minimum Gasteiger partial charge on any atom is -0.331 e. The second kappa shape index (κ2) is 2.55. The Morgan fingerprint density at radius 3 is 2.67 bits per heavy atom. The van der Waals surface area contributed by atoms with Crippen molar-refractivity contribution in [1.29, 1.82) is 0 Å². The number of ketones is 1. The van der Waals surface area contributed by atoms with E-state index in [0.29, 0.717) is 13.0 Å². The van der Waals surface area contributed by atoms with E-state index in [0.717, 1.165) is 0 Å². The number of Topliss-reactive ketones (excluding diaryl/α,β-unsaturated/α-hetero) is 1. The fourth-order valence-corrected chi connectivity index (χ4v) is 3.11. The lowest BCUT2D eigenvalue weighted by Gasteiger charge is -2.24. The number of carbonyl (C=O) groups excluding carboxylic acids is 2. The van der Waals surface area contributed by atoms with Gasteiger partial charge in [-0.15, -0.1) is 0 Å². The number of hydrogen-bond donors (Lipinski definition) is 0. The number of likely N-dealkylation sites (tertiary alicyclic amines) is 1. The molecule has 3 nitrogen and oxygen atoms in total. The van der Waals surface area contributed by atoms with Crippen molar-refractivity contribution in [2.24, 2.45) is 5.92 Å². The molecule has 0 N–H and O–H groups in total. The Labute approximate surface area is 79.2 Å². The Hall–Kier alpha value is -0.380. The molecular weight excluding hydrogens is 222 g/mol. The van der Waals surface area contributed by atoms with E-state index in [-0.39, 0.29) is 28.5 Å². The largest absolute Gasteiger partial charge is 0.331 e. The number of alkyl halides is 1. The quantitative estimate of drug-likeness (QED) is 0.620. The Morgan fingerprint density at radius 1 is 1.58 bits per heavy atom. The van der Waals surface area contributed by atoms with Crippen molar-refractivity contribution >= 4 is 27.6 Å². The Bertz CT molecular complexity index is 253. The summed E-state index contributed by atoms with van der Waals surface area (Å²) in [6.45, 7) is 2.55. The van der Waals surface area contributed by atoms with Gasteiger partial charge < -0.3 is 4.90 Å². The molecule has 0 radical (unpaired) electrons. The monoisotopic (exact) mass is 231 g/mol. The zero-order valence-corrected chi connectivity index (χ0v) is 8.37. The van der Waals surface area contributed by atoms with Gasteiger partial charge in [-0.3, -0.25) is 9.59 Å². The van der Waals surface area contributed by atoms with Crippen molar-refractivity contribution in [3.63, 3.8) is 0 Å². The molecule has 0 spiro atoms. The predicted octanol–water partition coefficient (Wildman–Crippen LogP) is 0.570. The zero-order valence-electron chi connectivity index (χ0n) is 6.79. The molecule has 2 bridgehead atoms. The zero-order chi connectivity index (χ0) is 8.88. The summed E-state index contributed by atoms with van der Waals surface area (Å²) in [7, 11) is 0. The maximum atomic E-state index is 11.5. The van der Waals surface area contributed by atoms with Crippen molar-refractivity contribution in [1.82, 2.24) is 4.90 Å². The molecule has 3 atom stereocenters. The second-order valence-electron chi connectivity index (χ2n) is 3.29. The van der Waals surface area contributed by atoms with Gasteiger partial charge in [0.15, 0.2) is 5.78 Å². The third-order valence-corrected chi connectivity index (χ3v) is 3.85. The highest BCUT2D eigenvalue weighted by Crippen LogP contribution is 2.40. The molecule has 1 heterocycles. The second-order valence-corrected chi connectivity index (χ2v) is 4.35. The van der Waals surface area contributed by atoms with Gasteiger partial charge >= 0.3 is 0 Å². The summed E-state index contributed by atoms with van der Waals surface area (Å²) in [5.41, 5.74) is 0. The van der Waals surface area contributed by atoms with Crippen molar-refractivity contribution in [3.8, 4) is 0 Å². The molecule has 66 valence electrons. The lowest BCUT2D eigenvalue weighted by molar-refractivity contribution is -0.140. The summed E-state index contributed by atoms with van der Waals surface area (Å²) in [5, 5.41) is 0. The number of fused-ring (bicyclic) bond motifs is 2. The molecule has 0 aromatic rings. The fraction of sp³-hybridized carbons (Fsp3) is 0.750. The maximum Gasteiger partial charge on any atom is 0.228 e. The molecule has 3 unspecified atom stereocenters.